The van der Waals surface area contributed by atoms with Crippen molar-refractivity contribution < 1.29 is 0 Å². The molecule has 0 atom stereocenters. The number of nitrogens with zero attached hydrogens (tertiary/aromatic N) is 2. The van der Waals surface area contributed by atoms with E-state index >= 15 is 0 Å². The highest BCUT2D eigenvalue weighted by atomic mass is 15.1. The second-order valence-corrected chi connectivity index (χ2v) is 5.29. The first kappa shape index (κ1) is 14.1. The normalized spacial score (nSPS) is 10.7. The number of anilines is 4. The summed E-state index contributed by atoms with van der Waals surface area (Å²) in [6.45, 7) is 4.05. The molecule has 0 aliphatic carbocycles. The van der Waals surface area contributed by atoms with Crippen molar-refractivity contribution in [3.63, 3.8) is 0 Å². The van der Waals surface area contributed by atoms with E-state index in [0.29, 0.717) is 0 Å². The van der Waals surface area contributed by atoms with E-state index < -0.39 is 0 Å². The standard InChI is InChI=1S/C17H19N5/c1-10-7-8-20-17(15(10)19-3)22-16-11(2)9-12-13(18)5-4-6-14(12)21-16/h4-9,19H,18H2,1-3H3,(H,20,21,22). The zero-order chi connectivity index (χ0) is 15.7. The number of rotatable bonds is 3. The Hall–Kier alpha value is -2.82. The molecule has 1 aromatic carbocycles. The molecule has 4 N–H and O–H groups in total. The Kier molecular flexibility index (Phi) is 3.55. The van der Waals surface area contributed by atoms with Crippen LogP contribution in [0, 0.1) is 13.8 Å². The maximum atomic E-state index is 6.01. The summed E-state index contributed by atoms with van der Waals surface area (Å²) in [4.78, 5) is 9.08. The van der Waals surface area contributed by atoms with Gasteiger partial charge in [-0.2, -0.15) is 0 Å². The molecule has 0 fully saturated rings. The molecule has 0 spiro atoms. The minimum Gasteiger partial charge on any atom is -0.398 e. The van der Waals surface area contributed by atoms with Gasteiger partial charge in [-0.1, -0.05) is 6.07 Å². The van der Waals surface area contributed by atoms with Gasteiger partial charge in [0.1, 0.15) is 5.82 Å². The summed E-state index contributed by atoms with van der Waals surface area (Å²) >= 11 is 0. The van der Waals surface area contributed by atoms with E-state index in [2.05, 4.69) is 26.7 Å². The van der Waals surface area contributed by atoms with Gasteiger partial charge in [0.2, 0.25) is 0 Å². The number of nitrogens with one attached hydrogen (secondary N) is 2. The SMILES string of the molecule is CNc1c(C)ccnc1Nc1nc2cccc(N)c2cc1C. The summed E-state index contributed by atoms with van der Waals surface area (Å²) in [6, 6.07) is 9.78. The summed E-state index contributed by atoms with van der Waals surface area (Å²) in [5, 5.41) is 7.46. The molecule has 0 radical (unpaired) electrons. The molecule has 5 heteroatoms. The minimum absolute atomic E-state index is 0.740. The molecule has 0 aliphatic heterocycles. The average Bonchev–Trinajstić information content (AvgIpc) is 2.49. The van der Waals surface area contributed by atoms with Crippen molar-refractivity contribution in [2.75, 3.05) is 23.4 Å². The molecular weight excluding hydrogens is 274 g/mol. The van der Waals surface area contributed by atoms with Crippen LogP contribution < -0.4 is 16.4 Å². The topological polar surface area (TPSA) is 75.9 Å². The van der Waals surface area contributed by atoms with Gasteiger partial charge in [0.25, 0.3) is 0 Å². The lowest BCUT2D eigenvalue weighted by molar-refractivity contribution is 1.22. The second-order valence-electron chi connectivity index (χ2n) is 5.29. The van der Waals surface area contributed by atoms with Crippen molar-refractivity contribution in [1.29, 1.82) is 0 Å². The average molecular weight is 293 g/mol. The van der Waals surface area contributed by atoms with Crippen molar-refractivity contribution in [1.82, 2.24) is 9.97 Å². The summed E-state index contributed by atoms with van der Waals surface area (Å²) in [6.07, 6.45) is 1.78. The Bertz CT molecular complexity index is 842. The Balaban J connectivity index is 2.08. The van der Waals surface area contributed by atoms with Crippen LogP contribution in [0.3, 0.4) is 0 Å². The minimum atomic E-state index is 0.740. The fourth-order valence-corrected chi connectivity index (χ4v) is 2.53. The molecule has 3 rings (SSSR count). The van der Waals surface area contributed by atoms with Crippen LogP contribution in [0.25, 0.3) is 10.9 Å². The molecule has 0 unspecified atom stereocenters. The number of pyridine rings is 2. The predicted octanol–water partition coefficient (Wildman–Crippen LogP) is 3.61. The van der Waals surface area contributed by atoms with Crippen LogP contribution >= 0.6 is 0 Å². The van der Waals surface area contributed by atoms with Gasteiger partial charge in [0, 0.05) is 24.3 Å². The second kappa shape index (κ2) is 5.52. The van der Waals surface area contributed by atoms with Gasteiger partial charge in [0.15, 0.2) is 5.82 Å². The summed E-state index contributed by atoms with van der Waals surface area (Å²) < 4.78 is 0. The van der Waals surface area contributed by atoms with Gasteiger partial charge in [-0.25, -0.2) is 9.97 Å². The number of nitrogens with two attached hydrogens (primary N) is 1. The molecule has 2 heterocycles. The van der Waals surface area contributed by atoms with E-state index in [1.165, 1.54) is 0 Å². The maximum absolute atomic E-state index is 6.01. The fourth-order valence-electron chi connectivity index (χ4n) is 2.53. The van der Waals surface area contributed by atoms with E-state index in [4.69, 9.17) is 5.73 Å². The van der Waals surface area contributed by atoms with Crippen LogP contribution in [0.5, 0.6) is 0 Å². The first-order chi connectivity index (χ1) is 10.6. The first-order valence-corrected chi connectivity index (χ1v) is 7.16. The Morgan fingerprint density at radius 3 is 2.64 bits per heavy atom. The monoisotopic (exact) mass is 293 g/mol. The number of nitrogen functional groups attached to an aromatic ring is 1. The highest BCUT2D eigenvalue weighted by molar-refractivity contribution is 5.92. The largest absolute Gasteiger partial charge is 0.398 e. The van der Waals surface area contributed by atoms with Crippen molar-refractivity contribution in [3.8, 4) is 0 Å². The third kappa shape index (κ3) is 2.41. The Morgan fingerprint density at radius 2 is 1.86 bits per heavy atom. The molecular formula is C17H19N5. The highest BCUT2D eigenvalue weighted by Gasteiger charge is 2.10. The van der Waals surface area contributed by atoms with E-state index in [9.17, 15) is 0 Å². The smallest absolute Gasteiger partial charge is 0.155 e. The van der Waals surface area contributed by atoms with Crippen LogP contribution in [0.15, 0.2) is 36.5 Å². The van der Waals surface area contributed by atoms with Crippen LogP contribution in [0.4, 0.5) is 23.0 Å². The molecule has 5 nitrogen and oxygen atoms in total. The van der Waals surface area contributed by atoms with Crippen LogP contribution in [0.2, 0.25) is 0 Å². The number of aromatic nitrogens is 2. The lowest BCUT2D eigenvalue weighted by atomic mass is 10.1. The number of benzene rings is 1. The first-order valence-electron chi connectivity index (χ1n) is 7.16. The zero-order valence-corrected chi connectivity index (χ0v) is 12.9. The molecule has 3 aromatic rings. The van der Waals surface area contributed by atoms with Crippen molar-refractivity contribution in [2.24, 2.45) is 0 Å². The lowest BCUT2D eigenvalue weighted by Gasteiger charge is -2.14. The third-order valence-corrected chi connectivity index (χ3v) is 3.73. The van der Waals surface area contributed by atoms with Crippen LogP contribution in [0.1, 0.15) is 11.1 Å². The number of fused-ring (bicyclic) bond motifs is 1. The van der Waals surface area contributed by atoms with Crippen molar-refractivity contribution in [3.05, 3.63) is 47.7 Å². The van der Waals surface area contributed by atoms with E-state index in [1.54, 1.807) is 6.20 Å². The van der Waals surface area contributed by atoms with E-state index in [0.717, 1.165) is 45.0 Å². The van der Waals surface area contributed by atoms with Gasteiger partial charge in [0.05, 0.1) is 11.2 Å². The molecule has 112 valence electrons. The quantitative estimate of drug-likeness (QED) is 0.643. The third-order valence-electron chi connectivity index (χ3n) is 3.73. The van der Waals surface area contributed by atoms with Gasteiger partial charge < -0.3 is 16.4 Å². The van der Waals surface area contributed by atoms with Gasteiger partial charge in [-0.15, -0.1) is 0 Å². The van der Waals surface area contributed by atoms with Crippen molar-refractivity contribution in [2.45, 2.75) is 13.8 Å². The predicted molar refractivity (Wildman–Crippen MR) is 92.7 cm³/mol. The van der Waals surface area contributed by atoms with Crippen LogP contribution in [-0.4, -0.2) is 17.0 Å². The van der Waals surface area contributed by atoms with Crippen LogP contribution in [-0.2, 0) is 0 Å². The van der Waals surface area contributed by atoms with Crippen molar-refractivity contribution >= 4 is 33.9 Å². The number of aryl methyl sites for hydroxylation is 2. The highest BCUT2D eigenvalue weighted by Crippen LogP contribution is 2.29. The fraction of sp³-hybridized carbons (Fsp3) is 0.176. The molecule has 0 aliphatic rings. The molecule has 0 bridgehead atoms. The number of hydrogen-bond donors (Lipinski definition) is 3. The Labute approximate surface area is 129 Å². The molecule has 2 aromatic heterocycles. The van der Waals surface area contributed by atoms with Gasteiger partial charge >= 0.3 is 0 Å². The Morgan fingerprint density at radius 1 is 1.05 bits per heavy atom. The summed E-state index contributed by atoms with van der Waals surface area (Å²) in [5.41, 5.74) is 10.7. The van der Waals surface area contributed by atoms with E-state index in [1.807, 2.05) is 45.2 Å². The zero-order valence-electron chi connectivity index (χ0n) is 12.9. The maximum Gasteiger partial charge on any atom is 0.155 e. The lowest BCUT2D eigenvalue weighted by Crippen LogP contribution is -2.04. The molecule has 22 heavy (non-hydrogen) atoms. The molecule has 0 amide bonds. The van der Waals surface area contributed by atoms with Gasteiger partial charge in [-0.05, 0) is 49.2 Å². The molecule has 0 saturated heterocycles. The molecule has 0 saturated carbocycles. The van der Waals surface area contributed by atoms with Gasteiger partial charge in [-0.3, -0.25) is 0 Å². The van der Waals surface area contributed by atoms with E-state index in [-0.39, 0.29) is 0 Å². The summed E-state index contributed by atoms with van der Waals surface area (Å²) in [7, 11) is 1.89. The number of hydrogen-bond acceptors (Lipinski definition) is 5. The summed E-state index contributed by atoms with van der Waals surface area (Å²) in [5.74, 6) is 1.55.